The lowest BCUT2D eigenvalue weighted by molar-refractivity contribution is -0.883. The highest BCUT2D eigenvalue weighted by atomic mass is 79.9. The van der Waals surface area contributed by atoms with Crippen LogP contribution in [-0.2, 0) is 21.2 Å². The van der Waals surface area contributed by atoms with Gasteiger partial charge in [0.25, 0.3) is 5.91 Å². The molecular formula is C21H27BrN3O4S+. The molecule has 1 heterocycles. The number of halogens is 1. The normalized spacial score (nSPS) is 15.7. The number of sulfonamides is 1. The van der Waals surface area contributed by atoms with E-state index in [9.17, 15) is 13.2 Å². The Hall–Kier alpha value is -1.94. The van der Waals surface area contributed by atoms with Gasteiger partial charge in [-0.25, -0.2) is 8.42 Å². The molecule has 0 bridgehead atoms. The zero-order valence-corrected chi connectivity index (χ0v) is 19.6. The van der Waals surface area contributed by atoms with E-state index in [1.807, 2.05) is 18.2 Å². The van der Waals surface area contributed by atoms with E-state index in [0.29, 0.717) is 24.5 Å². The Morgan fingerprint density at radius 3 is 2.43 bits per heavy atom. The fourth-order valence-corrected chi connectivity index (χ4v) is 5.17. The maximum Gasteiger partial charge on any atom is 0.262 e. The van der Waals surface area contributed by atoms with Crippen molar-refractivity contribution in [2.75, 3.05) is 45.2 Å². The van der Waals surface area contributed by atoms with E-state index >= 15 is 0 Å². The number of carbonyl (C=O) groups excluding carboxylic acids is 1. The minimum Gasteiger partial charge on any atom is -0.483 e. The van der Waals surface area contributed by atoms with E-state index in [0.717, 1.165) is 24.0 Å². The third-order valence-corrected chi connectivity index (χ3v) is 7.65. The van der Waals surface area contributed by atoms with Crippen LogP contribution in [-0.4, -0.2) is 58.5 Å². The minimum atomic E-state index is -3.51. The molecule has 1 saturated heterocycles. The number of nitrogens with zero attached hydrogens (tertiary/aromatic N) is 1. The van der Waals surface area contributed by atoms with Crippen molar-refractivity contribution in [3.8, 4) is 5.75 Å². The molecule has 162 valence electrons. The molecule has 0 unspecified atom stereocenters. The zero-order chi connectivity index (χ0) is 21.7. The van der Waals surface area contributed by atoms with Crippen LogP contribution in [0.5, 0.6) is 5.75 Å². The Morgan fingerprint density at radius 1 is 1.17 bits per heavy atom. The van der Waals surface area contributed by atoms with Gasteiger partial charge in [0, 0.05) is 5.69 Å². The van der Waals surface area contributed by atoms with Gasteiger partial charge < -0.3 is 15.0 Å². The Morgan fingerprint density at radius 2 is 1.83 bits per heavy atom. The van der Waals surface area contributed by atoms with Crippen LogP contribution in [0.3, 0.4) is 0 Å². The van der Waals surface area contributed by atoms with Crippen LogP contribution in [0.1, 0.15) is 12.5 Å². The van der Waals surface area contributed by atoms with Gasteiger partial charge in [-0.1, -0.05) is 13.0 Å². The summed E-state index contributed by atoms with van der Waals surface area (Å²) in [6, 6.07) is 12.0. The second-order valence-corrected chi connectivity index (χ2v) is 10.1. The smallest absolute Gasteiger partial charge is 0.262 e. The van der Waals surface area contributed by atoms with E-state index < -0.39 is 10.0 Å². The summed E-state index contributed by atoms with van der Waals surface area (Å²) >= 11 is 3.45. The first kappa shape index (κ1) is 22.7. The summed E-state index contributed by atoms with van der Waals surface area (Å²) in [6.07, 6.45) is 0.918. The van der Waals surface area contributed by atoms with Crippen LogP contribution >= 0.6 is 15.9 Å². The highest BCUT2D eigenvalue weighted by Crippen LogP contribution is 2.26. The van der Waals surface area contributed by atoms with E-state index in [-0.39, 0.29) is 17.4 Å². The molecular weight excluding hydrogens is 470 g/mol. The van der Waals surface area contributed by atoms with Gasteiger partial charge in [0.2, 0.25) is 10.0 Å². The fourth-order valence-electron chi connectivity index (χ4n) is 3.19. The van der Waals surface area contributed by atoms with Crippen molar-refractivity contribution < 1.29 is 22.8 Å². The molecule has 1 amide bonds. The topological polar surface area (TPSA) is 80.1 Å². The summed E-state index contributed by atoms with van der Waals surface area (Å²) in [4.78, 5) is 13.8. The molecule has 2 aromatic carbocycles. The third kappa shape index (κ3) is 5.60. The second-order valence-electron chi connectivity index (χ2n) is 7.34. The number of benzene rings is 2. The van der Waals surface area contributed by atoms with Gasteiger partial charge in [-0.3, -0.25) is 4.79 Å². The van der Waals surface area contributed by atoms with Crippen molar-refractivity contribution in [2.45, 2.75) is 18.2 Å². The number of hydrogen-bond acceptors (Lipinski definition) is 4. The van der Waals surface area contributed by atoms with Crippen LogP contribution in [0, 0.1) is 0 Å². The summed E-state index contributed by atoms with van der Waals surface area (Å²) in [6.45, 7) is 4.54. The Bertz CT molecular complexity index is 988. The van der Waals surface area contributed by atoms with Gasteiger partial charge in [0.15, 0.2) is 6.61 Å². The minimum absolute atomic E-state index is 0.145. The average Bonchev–Trinajstić information content (AvgIpc) is 2.73. The number of quaternary nitrogens is 1. The zero-order valence-electron chi connectivity index (χ0n) is 17.2. The average molecular weight is 497 g/mol. The summed E-state index contributed by atoms with van der Waals surface area (Å²) in [7, 11) is -1.45. The molecule has 7 nitrogen and oxygen atoms in total. The van der Waals surface area contributed by atoms with Crippen molar-refractivity contribution in [2.24, 2.45) is 0 Å². The van der Waals surface area contributed by atoms with Gasteiger partial charge in [-0.05, 0) is 64.3 Å². The van der Waals surface area contributed by atoms with Crippen molar-refractivity contribution in [1.29, 1.82) is 0 Å². The molecule has 0 saturated carbocycles. The number of piperazine rings is 1. The standard InChI is InChI=1S/C21H26BrN3O4S/c1-3-16-4-9-20(19(22)14-16)29-15-21(26)23-17-5-7-18(8-6-17)30(27,28)25-12-10-24(2)11-13-25/h4-9,14H,3,10-13,15H2,1-2H3,(H,23,26)/p+1. The summed E-state index contributed by atoms with van der Waals surface area (Å²) in [5, 5.41) is 2.73. The predicted molar refractivity (Wildman–Crippen MR) is 119 cm³/mol. The molecule has 0 aromatic heterocycles. The lowest BCUT2D eigenvalue weighted by Crippen LogP contribution is -3.12. The fraction of sp³-hybridized carbons (Fsp3) is 0.381. The van der Waals surface area contributed by atoms with Gasteiger partial charge in [0.1, 0.15) is 5.75 Å². The molecule has 0 spiro atoms. The van der Waals surface area contributed by atoms with Crippen molar-refractivity contribution >= 4 is 37.5 Å². The Labute approximate surface area is 186 Å². The molecule has 30 heavy (non-hydrogen) atoms. The number of aryl methyl sites for hydroxylation is 1. The van der Waals surface area contributed by atoms with Crippen molar-refractivity contribution in [3.63, 3.8) is 0 Å². The monoisotopic (exact) mass is 496 g/mol. The predicted octanol–water partition coefficient (Wildman–Crippen LogP) is 1.55. The SMILES string of the molecule is CCc1ccc(OCC(=O)Nc2ccc(S(=O)(=O)N3CC[NH+](C)CC3)cc2)c(Br)c1. The summed E-state index contributed by atoms with van der Waals surface area (Å²) < 4.78 is 33.4. The third-order valence-electron chi connectivity index (χ3n) is 5.12. The van der Waals surface area contributed by atoms with Gasteiger partial charge >= 0.3 is 0 Å². The number of anilines is 1. The highest BCUT2D eigenvalue weighted by Gasteiger charge is 2.29. The second kappa shape index (κ2) is 9.91. The molecule has 3 rings (SSSR count). The van der Waals surface area contributed by atoms with Gasteiger partial charge in [-0.15, -0.1) is 0 Å². The highest BCUT2D eigenvalue weighted by molar-refractivity contribution is 9.10. The number of rotatable bonds is 7. The maximum absolute atomic E-state index is 12.8. The van der Waals surface area contributed by atoms with Crippen LogP contribution in [0.25, 0.3) is 0 Å². The first-order valence-corrected chi connectivity index (χ1v) is 12.2. The molecule has 2 aromatic rings. The summed E-state index contributed by atoms with van der Waals surface area (Å²) in [5.74, 6) is 0.275. The number of amides is 1. The number of hydrogen-bond donors (Lipinski definition) is 2. The van der Waals surface area contributed by atoms with Crippen molar-refractivity contribution in [3.05, 3.63) is 52.5 Å². The lowest BCUT2D eigenvalue weighted by atomic mass is 10.2. The first-order valence-electron chi connectivity index (χ1n) is 9.92. The number of likely N-dealkylation sites (N-methyl/N-ethyl adjacent to an activating group) is 1. The molecule has 0 radical (unpaired) electrons. The van der Waals surface area contributed by atoms with Gasteiger partial charge in [-0.2, -0.15) is 4.31 Å². The molecule has 1 aliphatic rings. The Kier molecular flexibility index (Phi) is 7.51. The molecule has 1 aliphatic heterocycles. The molecule has 1 fully saturated rings. The van der Waals surface area contributed by atoms with Crippen molar-refractivity contribution in [1.82, 2.24) is 4.31 Å². The number of carbonyl (C=O) groups is 1. The van der Waals surface area contributed by atoms with Crippen LogP contribution in [0.2, 0.25) is 0 Å². The van der Waals surface area contributed by atoms with E-state index in [4.69, 9.17) is 4.74 Å². The molecule has 2 N–H and O–H groups in total. The largest absolute Gasteiger partial charge is 0.483 e. The number of nitrogens with one attached hydrogen (secondary N) is 2. The van der Waals surface area contributed by atoms with Crippen LogP contribution in [0.15, 0.2) is 51.8 Å². The first-order chi connectivity index (χ1) is 14.3. The van der Waals surface area contributed by atoms with E-state index in [2.05, 4.69) is 35.2 Å². The van der Waals surface area contributed by atoms with Gasteiger partial charge in [0.05, 0.1) is 42.6 Å². The maximum atomic E-state index is 12.8. The van der Waals surface area contributed by atoms with E-state index in [1.54, 1.807) is 12.1 Å². The van der Waals surface area contributed by atoms with Crippen LogP contribution < -0.4 is 15.0 Å². The number of ether oxygens (including phenoxy) is 1. The lowest BCUT2D eigenvalue weighted by Gasteiger charge is -2.29. The quantitative estimate of drug-likeness (QED) is 0.609. The summed E-state index contributed by atoms with van der Waals surface area (Å²) in [5.41, 5.74) is 1.69. The molecule has 0 atom stereocenters. The molecule has 0 aliphatic carbocycles. The Balaban J connectivity index is 1.57. The van der Waals surface area contributed by atoms with Crippen LogP contribution in [0.4, 0.5) is 5.69 Å². The molecule has 9 heteroatoms. The van der Waals surface area contributed by atoms with E-state index in [1.165, 1.54) is 26.9 Å².